The van der Waals surface area contributed by atoms with Crippen LogP contribution >= 0.6 is 0 Å². The molecule has 3 heteroatoms. The van der Waals surface area contributed by atoms with Crippen molar-refractivity contribution in [2.24, 2.45) is 0 Å². The lowest BCUT2D eigenvalue weighted by Gasteiger charge is -2.25. The summed E-state index contributed by atoms with van der Waals surface area (Å²) in [7, 11) is 2.07. The molecule has 3 nitrogen and oxygen atoms in total. The van der Waals surface area contributed by atoms with Gasteiger partial charge in [-0.25, -0.2) is 0 Å². The molecule has 92 valence electrons. The van der Waals surface area contributed by atoms with Crippen LogP contribution < -0.4 is 0 Å². The Bertz CT molecular complexity index is 384. The number of benzene rings is 1. The van der Waals surface area contributed by atoms with E-state index in [2.05, 4.69) is 24.9 Å². The van der Waals surface area contributed by atoms with E-state index < -0.39 is 0 Å². The molecule has 1 rings (SSSR count). The highest BCUT2D eigenvalue weighted by atomic mass is 16.3. The van der Waals surface area contributed by atoms with Crippen LogP contribution in [0.4, 0.5) is 0 Å². The number of nitriles is 1. The van der Waals surface area contributed by atoms with Crippen LogP contribution in [0.25, 0.3) is 0 Å². The van der Waals surface area contributed by atoms with Gasteiger partial charge in [-0.2, -0.15) is 5.26 Å². The third-order valence-corrected chi connectivity index (χ3v) is 3.06. The molecule has 0 saturated carbocycles. The zero-order chi connectivity index (χ0) is 12.7. The molecule has 0 fully saturated rings. The fraction of sp³-hybridized carbons (Fsp3) is 0.500. The van der Waals surface area contributed by atoms with Crippen molar-refractivity contribution in [3.8, 4) is 11.8 Å². The molecule has 0 aliphatic rings. The molecule has 1 aromatic carbocycles. The van der Waals surface area contributed by atoms with Crippen LogP contribution in [-0.4, -0.2) is 23.6 Å². The first-order valence-electron chi connectivity index (χ1n) is 6.01. The largest absolute Gasteiger partial charge is 0.508 e. The Morgan fingerprint density at radius 2 is 2.18 bits per heavy atom. The maximum atomic E-state index is 9.44. The van der Waals surface area contributed by atoms with Gasteiger partial charge in [0.15, 0.2) is 0 Å². The summed E-state index contributed by atoms with van der Waals surface area (Å²) in [6.07, 6.45) is 2.62. The van der Waals surface area contributed by atoms with E-state index in [1.807, 2.05) is 12.1 Å². The molecule has 1 atom stereocenters. The minimum atomic E-state index is 0.282. The summed E-state index contributed by atoms with van der Waals surface area (Å²) in [6, 6.07) is 9.82. The Kier molecular flexibility index (Phi) is 5.51. The van der Waals surface area contributed by atoms with Crippen molar-refractivity contribution in [2.45, 2.75) is 32.2 Å². The second-order valence-electron chi connectivity index (χ2n) is 4.37. The topological polar surface area (TPSA) is 47.3 Å². The Morgan fingerprint density at radius 3 is 2.82 bits per heavy atom. The molecule has 0 amide bonds. The van der Waals surface area contributed by atoms with Crippen molar-refractivity contribution in [1.29, 1.82) is 5.26 Å². The minimum absolute atomic E-state index is 0.282. The van der Waals surface area contributed by atoms with Gasteiger partial charge >= 0.3 is 0 Å². The van der Waals surface area contributed by atoms with Crippen LogP contribution in [0, 0.1) is 11.3 Å². The summed E-state index contributed by atoms with van der Waals surface area (Å²) in [5.74, 6) is 0.312. The summed E-state index contributed by atoms with van der Waals surface area (Å²) in [5.41, 5.74) is 1.12. The summed E-state index contributed by atoms with van der Waals surface area (Å²) in [4.78, 5) is 2.24. The molecule has 0 aliphatic carbocycles. The number of rotatable bonds is 6. The van der Waals surface area contributed by atoms with Crippen LogP contribution in [0.3, 0.4) is 0 Å². The monoisotopic (exact) mass is 232 g/mol. The van der Waals surface area contributed by atoms with E-state index in [-0.39, 0.29) is 6.04 Å². The first-order valence-corrected chi connectivity index (χ1v) is 6.01. The quantitative estimate of drug-likeness (QED) is 0.767. The predicted octanol–water partition coefficient (Wildman–Crippen LogP) is 3.08. The van der Waals surface area contributed by atoms with Gasteiger partial charge in [0.25, 0.3) is 0 Å². The van der Waals surface area contributed by atoms with Crippen molar-refractivity contribution in [2.75, 3.05) is 13.6 Å². The maximum Gasteiger partial charge on any atom is 0.115 e. The lowest BCUT2D eigenvalue weighted by Crippen LogP contribution is -2.23. The predicted molar refractivity (Wildman–Crippen MR) is 68.6 cm³/mol. The number of hydrogen-bond acceptors (Lipinski definition) is 3. The smallest absolute Gasteiger partial charge is 0.115 e. The molecule has 0 unspecified atom stereocenters. The van der Waals surface area contributed by atoms with Crippen molar-refractivity contribution in [3.63, 3.8) is 0 Å². The van der Waals surface area contributed by atoms with Gasteiger partial charge in [0, 0.05) is 12.5 Å². The number of hydrogen-bond donors (Lipinski definition) is 1. The van der Waals surface area contributed by atoms with Crippen molar-refractivity contribution in [1.82, 2.24) is 4.90 Å². The van der Waals surface area contributed by atoms with E-state index >= 15 is 0 Å². The Hall–Kier alpha value is -1.53. The van der Waals surface area contributed by atoms with Gasteiger partial charge in [0.05, 0.1) is 6.07 Å². The highest BCUT2D eigenvalue weighted by Gasteiger charge is 2.11. The molecule has 0 aromatic heterocycles. The van der Waals surface area contributed by atoms with Crippen molar-refractivity contribution >= 4 is 0 Å². The number of unbranched alkanes of at least 4 members (excludes halogenated alkanes) is 2. The number of phenolic OH excluding ortho intramolecular Hbond substituents is 1. The molecule has 0 radical (unpaired) electrons. The molecule has 0 heterocycles. The van der Waals surface area contributed by atoms with Gasteiger partial charge in [-0.05, 0) is 51.1 Å². The van der Waals surface area contributed by atoms with Gasteiger partial charge in [-0.3, -0.25) is 4.90 Å². The lowest BCUT2D eigenvalue weighted by molar-refractivity contribution is 0.256. The van der Waals surface area contributed by atoms with E-state index in [0.29, 0.717) is 12.2 Å². The molecule has 1 aromatic rings. The van der Waals surface area contributed by atoms with E-state index in [0.717, 1.165) is 24.9 Å². The fourth-order valence-corrected chi connectivity index (χ4v) is 1.80. The second-order valence-corrected chi connectivity index (χ2v) is 4.37. The average molecular weight is 232 g/mol. The van der Waals surface area contributed by atoms with Gasteiger partial charge in [-0.15, -0.1) is 0 Å². The zero-order valence-electron chi connectivity index (χ0n) is 10.6. The lowest BCUT2D eigenvalue weighted by atomic mass is 10.1. The van der Waals surface area contributed by atoms with Crippen molar-refractivity contribution in [3.05, 3.63) is 29.8 Å². The summed E-state index contributed by atoms with van der Waals surface area (Å²) < 4.78 is 0. The van der Waals surface area contributed by atoms with E-state index in [9.17, 15) is 5.11 Å². The molecule has 17 heavy (non-hydrogen) atoms. The van der Waals surface area contributed by atoms with Crippen LogP contribution in [0.5, 0.6) is 5.75 Å². The van der Waals surface area contributed by atoms with Crippen LogP contribution in [0.2, 0.25) is 0 Å². The molecule has 0 aliphatic heterocycles. The van der Waals surface area contributed by atoms with E-state index in [4.69, 9.17) is 5.26 Å². The summed E-state index contributed by atoms with van der Waals surface area (Å²) in [6.45, 7) is 3.09. The molecule has 0 saturated heterocycles. The fourth-order valence-electron chi connectivity index (χ4n) is 1.80. The van der Waals surface area contributed by atoms with Gasteiger partial charge in [-0.1, -0.05) is 12.1 Å². The Morgan fingerprint density at radius 1 is 1.41 bits per heavy atom. The van der Waals surface area contributed by atoms with Crippen LogP contribution in [0.1, 0.15) is 37.8 Å². The standard InChI is InChI=1S/C14H20N2O/c1-12(13-7-6-8-14(17)11-13)16(2)10-5-3-4-9-15/h6-8,11-12,17H,3-5,10H2,1-2H3/t12-/m0/s1. The maximum absolute atomic E-state index is 9.44. The summed E-state index contributed by atoms with van der Waals surface area (Å²) >= 11 is 0. The van der Waals surface area contributed by atoms with Gasteiger partial charge in [0.1, 0.15) is 5.75 Å². The number of aromatic hydroxyl groups is 1. The molecular formula is C14H20N2O. The number of nitrogens with zero attached hydrogens (tertiary/aromatic N) is 2. The first kappa shape index (κ1) is 13.5. The molecule has 0 bridgehead atoms. The highest BCUT2D eigenvalue weighted by molar-refractivity contribution is 5.29. The van der Waals surface area contributed by atoms with E-state index in [1.54, 1.807) is 12.1 Å². The van der Waals surface area contributed by atoms with Crippen LogP contribution in [-0.2, 0) is 0 Å². The van der Waals surface area contributed by atoms with Gasteiger partial charge in [0.2, 0.25) is 0 Å². The third kappa shape index (κ3) is 4.46. The number of phenols is 1. The average Bonchev–Trinajstić information content (AvgIpc) is 2.33. The Balaban J connectivity index is 2.46. The minimum Gasteiger partial charge on any atom is -0.508 e. The second kappa shape index (κ2) is 6.93. The molecular weight excluding hydrogens is 212 g/mol. The van der Waals surface area contributed by atoms with E-state index in [1.165, 1.54) is 0 Å². The third-order valence-electron chi connectivity index (χ3n) is 3.06. The summed E-state index contributed by atoms with van der Waals surface area (Å²) in [5, 5.41) is 17.9. The normalized spacial score (nSPS) is 12.4. The Labute approximate surface area is 103 Å². The highest BCUT2D eigenvalue weighted by Crippen LogP contribution is 2.22. The van der Waals surface area contributed by atoms with Crippen LogP contribution in [0.15, 0.2) is 24.3 Å². The molecule has 1 N–H and O–H groups in total. The van der Waals surface area contributed by atoms with Crippen molar-refractivity contribution < 1.29 is 5.11 Å². The molecule has 0 spiro atoms. The first-order chi connectivity index (χ1) is 8.15. The SMILES string of the molecule is C[C@@H](c1cccc(O)c1)N(C)CCCCC#N. The van der Waals surface area contributed by atoms with Gasteiger partial charge < -0.3 is 5.11 Å². The zero-order valence-corrected chi connectivity index (χ0v) is 10.6.